The summed E-state index contributed by atoms with van der Waals surface area (Å²) in [4.78, 5) is 23.1. The predicted octanol–water partition coefficient (Wildman–Crippen LogP) is 3.92. The van der Waals surface area contributed by atoms with Crippen molar-refractivity contribution in [3.8, 4) is 22.9 Å². The molecule has 2 saturated heterocycles. The molecule has 9 nitrogen and oxygen atoms in total. The smallest absolute Gasteiger partial charge is 0.163 e. The molecule has 5 heterocycles. The van der Waals surface area contributed by atoms with Crippen LogP contribution in [-0.4, -0.2) is 91.4 Å². The lowest BCUT2D eigenvalue weighted by molar-refractivity contribution is 0.122. The van der Waals surface area contributed by atoms with Gasteiger partial charge in [-0.2, -0.15) is 0 Å². The molecule has 0 unspecified atom stereocenters. The number of thiophene rings is 1. The number of rotatable bonds is 8. The van der Waals surface area contributed by atoms with Gasteiger partial charge in [-0.1, -0.05) is 12.1 Å². The number of nitrogens with zero attached hydrogens (tertiary/aromatic N) is 6. The van der Waals surface area contributed by atoms with Crippen LogP contribution in [0.5, 0.6) is 11.5 Å². The number of fused-ring (bicyclic) bond motifs is 1. The Labute approximate surface area is 233 Å². The van der Waals surface area contributed by atoms with Gasteiger partial charge in [-0.25, -0.2) is 9.97 Å². The van der Waals surface area contributed by atoms with E-state index >= 15 is 0 Å². The van der Waals surface area contributed by atoms with Gasteiger partial charge in [-0.15, -0.1) is 11.3 Å². The molecule has 2 fully saturated rings. The molecule has 204 valence electrons. The van der Waals surface area contributed by atoms with E-state index in [0.29, 0.717) is 31.4 Å². The monoisotopic (exact) mass is 546 g/mol. The number of piperazine rings is 1. The van der Waals surface area contributed by atoms with Crippen LogP contribution in [0.1, 0.15) is 10.4 Å². The lowest BCUT2D eigenvalue weighted by Crippen LogP contribution is -2.43. The number of likely N-dealkylation sites (N-methyl/N-ethyl adjacent to an activating group) is 1. The van der Waals surface area contributed by atoms with Gasteiger partial charge in [0.2, 0.25) is 0 Å². The molecule has 2 aliphatic rings. The van der Waals surface area contributed by atoms with E-state index in [9.17, 15) is 0 Å². The average molecular weight is 547 g/mol. The third-order valence-electron chi connectivity index (χ3n) is 7.23. The van der Waals surface area contributed by atoms with Gasteiger partial charge in [-0.3, -0.25) is 9.88 Å². The van der Waals surface area contributed by atoms with Crippen molar-refractivity contribution >= 4 is 27.4 Å². The topological polar surface area (TPSA) is 76.1 Å². The van der Waals surface area contributed by atoms with Crippen molar-refractivity contribution in [2.75, 3.05) is 71.5 Å². The van der Waals surface area contributed by atoms with Crippen LogP contribution in [0.4, 0.5) is 5.82 Å². The molecule has 2 aliphatic heterocycles. The molecule has 0 spiro atoms. The predicted molar refractivity (Wildman–Crippen MR) is 154 cm³/mol. The maximum Gasteiger partial charge on any atom is 0.163 e. The number of ether oxygens (including phenoxy) is 3. The Hall–Kier alpha value is -3.31. The lowest BCUT2D eigenvalue weighted by atomic mass is 10.2. The fourth-order valence-corrected chi connectivity index (χ4v) is 6.05. The maximum absolute atomic E-state index is 6.07. The molecule has 0 N–H and O–H groups in total. The van der Waals surface area contributed by atoms with Crippen molar-refractivity contribution in [2.24, 2.45) is 0 Å². The summed E-state index contributed by atoms with van der Waals surface area (Å²) in [5, 5.41) is 0. The third-order valence-corrected chi connectivity index (χ3v) is 8.33. The van der Waals surface area contributed by atoms with Crippen LogP contribution in [-0.2, 0) is 17.9 Å². The first kappa shape index (κ1) is 25.9. The van der Waals surface area contributed by atoms with Gasteiger partial charge in [0.15, 0.2) is 11.6 Å². The van der Waals surface area contributed by atoms with Crippen molar-refractivity contribution in [3.63, 3.8) is 0 Å². The van der Waals surface area contributed by atoms with Gasteiger partial charge in [0.05, 0.1) is 36.7 Å². The summed E-state index contributed by atoms with van der Waals surface area (Å²) < 4.78 is 18.1. The molecule has 0 amide bonds. The Morgan fingerprint density at radius 2 is 1.72 bits per heavy atom. The third kappa shape index (κ3) is 6.14. The number of methoxy groups -OCH3 is 1. The second kappa shape index (κ2) is 11.8. The fraction of sp³-hybridized carbons (Fsp3) is 0.414. The van der Waals surface area contributed by atoms with Gasteiger partial charge in [-0.05, 0) is 36.9 Å². The van der Waals surface area contributed by atoms with Crippen LogP contribution in [0.25, 0.3) is 21.6 Å². The number of hydrogen-bond donors (Lipinski definition) is 0. The van der Waals surface area contributed by atoms with Crippen LogP contribution in [0.2, 0.25) is 0 Å². The van der Waals surface area contributed by atoms with E-state index in [2.05, 4.69) is 32.8 Å². The number of anilines is 1. The summed E-state index contributed by atoms with van der Waals surface area (Å²) in [6.45, 7) is 8.83. The minimum atomic E-state index is 0.439. The highest BCUT2D eigenvalue weighted by Gasteiger charge is 2.22. The molecule has 39 heavy (non-hydrogen) atoms. The van der Waals surface area contributed by atoms with Crippen molar-refractivity contribution in [1.29, 1.82) is 0 Å². The van der Waals surface area contributed by atoms with Gasteiger partial charge < -0.3 is 24.0 Å². The zero-order chi connectivity index (χ0) is 26.6. The summed E-state index contributed by atoms with van der Waals surface area (Å²) in [7, 11) is 3.85. The Kier molecular flexibility index (Phi) is 7.87. The molecule has 0 aliphatic carbocycles. The molecule has 3 aromatic heterocycles. The molecular formula is C29H34N6O3S. The zero-order valence-electron chi connectivity index (χ0n) is 22.5. The van der Waals surface area contributed by atoms with Crippen molar-refractivity contribution in [2.45, 2.75) is 13.2 Å². The number of morpholine rings is 1. The molecule has 0 atom stereocenters. The molecule has 0 bridgehead atoms. The van der Waals surface area contributed by atoms with Gasteiger partial charge in [0, 0.05) is 62.5 Å². The summed E-state index contributed by atoms with van der Waals surface area (Å²) >= 11 is 1.82. The Balaban J connectivity index is 1.27. The van der Waals surface area contributed by atoms with Crippen molar-refractivity contribution < 1.29 is 14.2 Å². The molecule has 1 aromatic carbocycles. The van der Waals surface area contributed by atoms with Crippen LogP contribution in [0, 0.1) is 0 Å². The van der Waals surface area contributed by atoms with E-state index in [-0.39, 0.29) is 0 Å². The van der Waals surface area contributed by atoms with Crippen molar-refractivity contribution in [3.05, 3.63) is 59.2 Å². The first-order chi connectivity index (χ1) is 19.1. The molecule has 10 heteroatoms. The highest BCUT2D eigenvalue weighted by atomic mass is 32.1. The Morgan fingerprint density at radius 3 is 2.49 bits per heavy atom. The first-order valence-corrected chi connectivity index (χ1v) is 14.2. The number of aromatic nitrogens is 3. The molecule has 4 aromatic rings. The normalized spacial score (nSPS) is 17.0. The highest BCUT2D eigenvalue weighted by molar-refractivity contribution is 7.19. The minimum Gasteiger partial charge on any atom is -0.497 e. The van der Waals surface area contributed by atoms with Crippen LogP contribution < -0.4 is 14.4 Å². The molecule has 0 radical (unpaired) electrons. The van der Waals surface area contributed by atoms with Crippen molar-refractivity contribution in [1.82, 2.24) is 24.8 Å². The second-order valence-electron chi connectivity index (χ2n) is 10.0. The first-order valence-electron chi connectivity index (χ1n) is 13.4. The largest absolute Gasteiger partial charge is 0.497 e. The minimum absolute atomic E-state index is 0.439. The highest BCUT2D eigenvalue weighted by Crippen LogP contribution is 2.35. The Bertz CT molecular complexity index is 1400. The number of hydrogen-bond acceptors (Lipinski definition) is 10. The molecule has 0 saturated carbocycles. The maximum atomic E-state index is 6.07. The summed E-state index contributed by atoms with van der Waals surface area (Å²) in [5.41, 5.74) is 2.88. The van der Waals surface area contributed by atoms with Crippen LogP contribution in [0.3, 0.4) is 0 Å². The van der Waals surface area contributed by atoms with Crippen LogP contribution >= 0.6 is 11.3 Å². The van der Waals surface area contributed by atoms with Gasteiger partial charge >= 0.3 is 0 Å². The van der Waals surface area contributed by atoms with E-state index in [1.54, 1.807) is 13.3 Å². The van der Waals surface area contributed by atoms with E-state index < -0.39 is 0 Å². The quantitative estimate of drug-likeness (QED) is 0.327. The van der Waals surface area contributed by atoms with E-state index in [4.69, 9.17) is 24.2 Å². The zero-order valence-corrected chi connectivity index (χ0v) is 23.3. The number of pyridine rings is 1. The molecule has 6 rings (SSSR count). The van der Waals surface area contributed by atoms with Gasteiger partial charge in [0.25, 0.3) is 0 Å². The van der Waals surface area contributed by atoms with Crippen LogP contribution in [0.15, 0.2) is 48.8 Å². The van der Waals surface area contributed by atoms with E-state index in [1.807, 2.05) is 47.9 Å². The van der Waals surface area contributed by atoms with E-state index in [1.165, 1.54) is 4.88 Å². The standard InChI is InChI=1S/C29H34N6O3S/c1-33-7-9-34(10-8-33)19-25-16-26-27(39-25)29(35-11-13-37-14-12-35)32-28(31-26)22-15-24(18-30-17-22)38-20-21-3-5-23(36-2)6-4-21/h3-6,15-18H,7-14,19-20H2,1-2H3. The van der Waals surface area contributed by atoms with Gasteiger partial charge in [0.1, 0.15) is 18.1 Å². The average Bonchev–Trinajstić information content (AvgIpc) is 3.40. The fourth-order valence-electron chi connectivity index (χ4n) is 4.90. The summed E-state index contributed by atoms with van der Waals surface area (Å²) in [5.74, 6) is 3.15. The Morgan fingerprint density at radius 1 is 0.923 bits per heavy atom. The molecular weight excluding hydrogens is 512 g/mol. The lowest BCUT2D eigenvalue weighted by Gasteiger charge is -2.31. The second-order valence-corrected chi connectivity index (χ2v) is 11.2. The van der Waals surface area contributed by atoms with E-state index in [0.717, 1.165) is 78.7 Å². The summed E-state index contributed by atoms with van der Waals surface area (Å²) in [6, 6.07) is 12.1. The number of benzene rings is 1. The summed E-state index contributed by atoms with van der Waals surface area (Å²) in [6.07, 6.45) is 3.54. The SMILES string of the molecule is COc1ccc(COc2cncc(-c3nc(N4CCOCC4)c4sc(CN5CCN(C)CC5)cc4n3)c2)cc1.